The molecule has 2 rings (SSSR count). The van der Waals surface area contributed by atoms with E-state index in [9.17, 15) is 24.0 Å². The van der Waals surface area contributed by atoms with Crippen LogP contribution in [0.5, 0.6) is 0 Å². The first-order valence-electron chi connectivity index (χ1n) is 12.5. The van der Waals surface area contributed by atoms with Gasteiger partial charge in [0, 0.05) is 6.42 Å². The van der Waals surface area contributed by atoms with E-state index in [1.165, 1.54) is 18.2 Å². The second-order valence-corrected chi connectivity index (χ2v) is 17.7. The monoisotopic (exact) mass is 565 g/mol. The molecule has 0 saturated carbocycles. The number of amides is 2. The maximum Gasteiger partial charge on any atom is 0.397 e. The van der Waals surface area contributed by atoms with E-state index in [0.29, 0.717) is 0 Å². The number of thiophene rings is 1. The van der Waals surface area contributed by atoms with Crippen molar-refractivity contribution < 1.29 is 37.9 Å². The highest BCUT2D eigenvalue weighted by atomic mass is 32.1. The molecule has 1 aliphatic rings. The van der Waals surface area contributed by atoms with Crippen LogP contribution in [0.3, 0.4) is 0 Å². The van der Waals surface area contributed by atoms with E-state index in [-0.39, 0.29) is 33.6 Å². The van der Waals surface area contributed by atoms with Gasteiger partial charge in [-0.25, -0.2) is 9.59 Å². The van der Waals surface area contributed by atoms with Gasteiger partial charge in [-0.3, -0.25) is 19.3 Å². The Morgan fingerprint density at radius 2 is 1.68 bits per heavy atom. The summed E-state index contributed by atoms with van der Waals surface area (Å²) in [6.07, 6.45) is 0.493. The van der Waals surface area contributed by atoms with Gasteiger partial charge in [0.2, 0.25) is 5.91 Å². The van der Waals surface area contributed by atoms with Crippen LogP contribution >= 0.6 is 11.3 Å². The molecule has 1 fully saturated rings. The number of rotatable bonds is 9. The van der Waals surface area contributed by atoms with Crippen molar-refractivity contribution in [3.8, 4) is 0 Å². The summed E-state index contributed by atoms with van der Waals surface area (Å²) in [4.78, 5) is 65.2. The van der Waals surface area contributed by atoms with Gasteiger partial charge in [-0.2, -0.15) is 0 Å². The molecule has 1 aromatic heterocycles. The third-order valence-corrected chi connectivity index (χ3v) is 12.3. The molecule has 3 atom stereocenters. The third kappa shape index (κ3) is 7.26. The zero-order valence-corrected chi connectivity index (χ0v) is 25.5. The number of ether oxygens (including phenoxy) is 2. The maximum absolute atomic E-state index is 13.2. The highest BCUT2D eigenvalue weighted by Crippen LogP contribution is 2.41. The van der Waals surface area contributed by atoms with Crippen molar-refractivity contribution in [3.63, 3.8) is 0 Å². The minimum atomic E-state index is -2.29. The highest BCUT2D eigenvalue weighted by Gasteiger charge is 2.56. The van der Waals surface area contributed by atoms with Crippen LogP contribution in [-0.2, 0) is 28.3 Å². The number of ketones is 1. The number of hydrogen-bond donors (Lipinski definition) is 0. The lowest BCUT2D eigenvalue weighted by molar-refractivity contribution is -0.179. The molecule has 2 heterocycles. The van der Waals surface area contributed by atoms with Crippen molar-refractivity contribution in [3.05, 3.63) is 34.5 Å². The van der Waals surface area contributed by atoms with Gasteiger partial charge in [0.05, 0.1) is 22.9 Å². The quantitative estimate of drug-likeness (QED) is 0.105. The van der Waals surface area contributed by atoms with E-state index in [0.717, 1.165) is 16.2 Å². The number of carbonyl (C=O) groups excluding carboxylic acids is 5. The molecule has 1 saturated heterocycles. The van der Waals surface area contributed by atoms with Crippen LogP contribution in [0.25, 0.3) is 0 Å². The van der Waals surface area contributed by atoms with E-state index in [1.807, 2.05) is 13.1 Å². The smallest absolute Gasteiger partial charge is 0.397 e. The summed E-state index contributed by atoms with van der Waals surface area (Å²) in [5.74, 6) is -4.63. The Morgan fingerprint density at radius 1 is 1.11 bits per heavy atom. The largest absolute Gasteiger partial charge is 0.456 e. The average molecular weight is 566 g/mol. The van der Waals surface area contributed by atoms with E-state index in [1.54, 1.807) is 27.7 Å². The third-order valence-electron chi connectivity index (χ3n) is 6.66. The fourth-order valence-electron chi connectivity index (χ4n) is 3.78. The van der Waals surface area contributed by atoms with E-state index in [2.05, 4.69) is 27.4 Å². The molecule has 0 spiro atoms. The molecular weight excluding hydrogens is 526 g/mol. The Morgan fingerprint density at radius 3 is 2.21 bits per heavy atom. The van der Waals surface area contributed by atoms with Gasteiger partial charge in [0.1, 0.15) is 17.1 Å². The van der Waals surface area contributed by atoms with Gasteiger partial charge in [0.15, 0.2) is 14.1 Å². The van der Waals surface area contributed by atoms with Gasteiger partial charge >= 0.3 is 17.8 Å². The van der Waals surface area contributed by atoms with Crippen molar-refractivity contribution in [2.75, 3.05) is 6.61 Å². The molecule has 2 amide bonds. The van der Waals surface area contributed by atoms with Crippen LogP contribution < -0.4 is 0 Å². The summed E-state index contributed by atoms with van der Waals surface area (Å²) < 4.78 is 16.6. The van der Waals surface area contributed by atoms with Crippen LogP contribution in [-0.4, -0.2) is 67.1 Å². The maximum atomic E-state index is 13.2. The predicted molar refractivity (Wildman–Crippen MR) is 146 cm³/mol. The summed E-state index contributed by atoms with van der Waals surface area (Å²) in [6, 6.07) is 2.13. The molecule has 0 bridgehead atoms. The van der Waals surface area contributed by atoms with Gasteiger partial charge < -0.3 is 13.9 Å². The topological polar surface area (TPSA) is 116 Å². The van der Waals surface area contributed by atoms with Crippen molar-refractivity contribution >= 4 is 49.2 Å². The van der Waals surface area contributed by atoms with Gasteiger partial charge in [0.25, 0.3) is 0 Å². The van der Waals surface area contributed by atoms with Crippen molar-refractivity contribution in [1.29, 1.82) is 0 Å². The van der Waals surface area contributed by atoms with E-state index in [4.69, 9.17) is 13.9 Å². The molecule has 0 aliphatic carbocycles. The zero-order valence-electron chi connectivity index (χ0n) is 23.7. The molecule has 0 unspecified atom stereocenters. The summed E-state index contributed by atoms with van der Waals surface area (Å²) in [5.41, 5.74) is -0.688. The fourth-order valence-corrected chi connectivity index (χ4v) is 6.04. The van der Waals surface area contributed by atoms with Crippen LogP contribution in [0, 0.1) is 5.92 Å². The van der Waals surface area contributed by atoms with E-state index < -0.39 is 55.7 Å². The van der Waals surface area contributed by atoms with Crippen molar-refractivity contribution in [2.24, 2.45) is 5.92 Å². The second kappa shape index (κ2) is 11.6. The summed E-state index contributed by atoms with van der Waals surface area (Å²) in [7, 11) is -2.29. The van der Waals surface area contributed by atoms with Crippen LogP contribution in [0.15, 0.2) is 24.8 Å². The first-order valence-corrected chi connectivity index (χ1v) is 16.2. The van der Waals surface area contributed by atoms with Gasteiger partial charge in [-0.15, -0.1) is 11.3 Å². The molecule has 1 aromatic rings. The number of carbonyl (C=O) groups is 5. The van der Waals surface area contributed by atoms with Crippen LogP contribution in [0.1, 0.15) is 74.2 Å². The number of esters is 2. The first-order chi connectivity index (χ1) is 17.3. The highest BCUT2D eigenvalue weighted by molar-refractivity contribution is 7.15. The van der Waals surface area contributed by atoms with Crippen LogP contribution in [0.4, 0.5) is 0 Å². The molecular formula is C27H39NO8SSi. The molecule has 210 valence electrons. The molecule has 0 radical (unpaired) electrons. The summed E-state index contributed by atoms with van der Waals surface area (Å²) >= 11 is 0.978. The molecule has 11 heteroatoms. The molecule has 0 aromatic carbocycles. The molecule has 0 N–H and O–H groups in total. The fraction of sp³-hybridized carbons (Fsp3) is 0.593. The number of imide groups is 1. The summed E-state index contributed by atoms with van der Waals surface area (Å²) in [6.45, 7) is 20.6. The minimum absolute atomic E-state index is 0.127. The lowest BCUT2D eigenvalue weighted by atomic mass is 9.80. The minimum Gasteiger partial charge on any atom is -0.456 e. The van der Waals surface area contributed by atoms with Gasteiger partial charge in [-0.05, 0) is 58.0 Å². The number of likely N-dealkylation sites (tertiary alicyclic amines) is 1. The standard InChI is InChI=1S/C27H39NO8SSi/c1-11-14-34-25(33)23(31)28-17(21(22(28)30)16(2)36-38(9,10)27(6,7)8)15-18(29)19-12-13-20(37-19)24(32)35-26(3,4)5/h11-13,16-17,21H,1,14-15H2,2-10H3/t16-,17-,21-/m1/s1. The lowest BCUT2D eigenvalue weighted by Crippen LogP contribution is -2.68. The zero-order chi connectivity index (χ0) is 29.2. The Labute approximate surface area is 229 Å². The molecule has 1 aliphatic heterocycles. The number of Topliss-reactive ketones (excluding diaryl/α,β-unsaturated/α-hetero) is 1. The van der Waals surface area contributed by atoms with Gasteiger partial charge in [-0.1, -0.05) is 33.4 Å². The first kappa shape index (κ1) is 31.6. The molecule has 9 nitrogen and oxygen atoms in total. The number of β-lactam (4-membered cyclic amide) rings is 1. The van der Waals surface area contributed by atoms with Crippen LogP contribution in [0.2, 0.25) is 18.1 Å². The Balaban J connectivity index is 2.30. The Kier molecular flexibility index (Phi) is 9.66. The number of nitrogens with zero attached hydrogens (tertiary/aromatic N) is 1. The number of hydrogen-bond acceptors (Lipinski definition) is 9. The van der Waals surface area contributed by atoms with Crippen molar-refractivity contribution in [2.45, 2.75) is 90.8 Å². The van der Waals surface area contributed by atoms with E-state index >= 15 is 0 Å². The van der Waals surface area contributed by atoms with Crippen molar-refractivity contribution in [1.82, 2.24) is 4.90 Å². The lowest BCUT2D eigenvalue weighted by Gasteiger charge is -2.49. The Hall–Kier alpha value is -2.63. The summed E-state index contributed by atoms with van der Waals surface area (Å²) in [5, 5.41) is -0.127. The predicted octanol–water partition coefficient (Wildman–Crippen LogP) is 4.77. The molecule has 38 heavy (non-hydrogen) atoms. The normalized spacial score (nSPS) is 18.9. The second-order valence-electron chi connectivity index (χ2n) is 11.9. The average Bonchev–Trinajstić information content (AvgIpc) is 3.25. The Bertz CT molecular complexity index is 1110. The SMILES string of the molecule is C=CCOC(=O)C(=O)N1C(=O)[C@H]([C@@H](C)O[Si](C)(C)C(C)(C)C)[C@H]1CC(=O)c1ccc(C(=O)OC(C)(C)C)s1.